The van der Waals surface area contributed by atoms with Crippen LogP contribution >= 0.6 is 0 Å². The van der Waals surface area contributed by atoms with Crippen LogP contribution in [0, 0.1) is 5.95 Å². The lowest BCUT2D eigenvalue weighted by molar-refractivity contribution is 0.414. The molecular weight excluding hydrogens is 321 g/mol. The molecule has 0 spiro atoms. The Morgan fingerprint density at radius 1 is 1.04 bits per heavy atom. The largest absolute Gasteiger partial charge is 0.497 e. The summed E-state index contributed by atoms with van der Waals surface area (Å²) in [5.41, 5.74) is 3.01. The highest BCUT2D eigenvalue weighted by molar-refractivity contribution is 5.86. The maximum atomic E-state index is 14.0. The standard InChI is InChI=1S/C18H14FN5O/c1-25-13-6-4-12(5-7-13)9-24-11-23-16-15(21-10-22-18(16)24)14-3-2-8-20-17(14)19/h2-8,10-11H,9H2,1H3. The number of fused-ring (bicyclic) bond motifs is 1. The van der Waals surface area contributed by atoms with Crippen molar-refractivity contribution < 1.29 is 9.13 Å². The fraction of sp³-hybridized carbons (Fsp3) is 0.111. The van der Waals surface area contributed by atoms with Crippen molar-refractivity contribution in [2.45, 2.75) is 6.54 Å². The number of methoxy groups -OCH3 is 1. The van der Waals surface area contributed by atoms with Crippen molar-refractivity contribution in [2.75, 3.05) is 7.11 Å². The molecule has 124 valence electrons. The van der Waals surface area contributed by atoms with Gasteiger partial charge in [0.15, 0.2) is 5.65 Å². The Bertz CT molecular complexity index is 1030. The lowest BCUT2D eigenvalue weighted by Crippen LogP contribution is -2.00. The molecule has 25 heavy (non-hydrogen) atoms. The van der Waals surface area contributed by atoms with Crippen LogP contribution in [0.4, 0.5) is 4.39 Å². The highest BCUT2D eigenvalue weighted by Gasteiger charge is 2.15. The summed E-state index contributed by atoms with van der Waals surface area (Å²) in [5.74, 6) is 0.225. The first-order valence-corrected chi connectivity index (χ1v) is 7.66. The molecule has 6 nitrogen and oxygen atoms in total. The van der Waals surface area contributed by atoms with Crippen molar-refractivity contribution in [3.05, 3.63) is 66.8 Å². The summed E-state index contributed by atoms with van der Waals surface area (Å²) in [5, 5.41) is 0. The van der Waals surface area contributed by atoms with Crippen molar-refractivity contribution in [2.24, 2.45) is 0 Å². The van der Waals surface area contributed by atoms with Crippen LogP contribution in [0.5, 0.6) is 5.75 Å². The zero-order valence-electron chi connectivity index (χ0n) is 13.4. The van der Waals surface area contributed by atoms with Crippen LogP contribution in [0.15, 0.2) is 55.2 Å². The SMILES string of the molecule is COc1ccc(Cn2cnc3c(-c4cccnc4F)ncnc32)cc1. The van der Waals surface area contributed by atoms with Crippen LogP contribution in [0.1, 0.15) is 5.56 Å². The van der Waals surface area contributed by atoms with Crippen molar-refractivity contribution in [3.63, 3.8) is 0 Å². The van der Waals surface area contributed by atoms with Crippen molar-refractivity contribution in [3.8, 4) is 17.0 Å². The fourth-order valence-corrected chi connectivity index (χ4v) is 2.68. The molecule has 0 atom stereocenters. The topological polar surface area (TPSA) is 65.7 Å². The number of pyridine rings is 1. The van der Waals surface area contributed by atoms with Gasteiger partial charge < -0.3 is 9.30 Å². The van der Waals surface area contributed by atoms with Gasteiger partial charge in [0.1, 0.15) is 23.3 Å². The van der Waals surface area contributed by atoms with E-state index < -0.39 is 5.95 Å². The number of rotatable bonds is 4. The van der Waals surface area contributed by atoms with E-state index >= 15 is 0 Å². The molecule has 4 aromatic rings. The maximum absolute atomic E-state index is 14.0. The third kappa shape index (κ3) is 2.80. The minimum Gasteiger partial charge on any atom is -0.497 e. The van der Waals surface area contributed by atoms with Crippen molar-refractivity contribution in [1.29, 1.82) is 0 Å². The van der Waals surface area contributed by atoms with Crippen LogP contribution in [0.25, 0.3) is 22.4 Å². The molecule has 0 saturated heterocycles. The van der Waals surface area contributed by atoms with Crippen LogP contribution in [0.2, 0.25) is 0 Å². The molecule has 0 radical (unpaired) electrons. The summed E-state index contributed by atoms with van der Waals surface area (Å²) < 4.78 is 21.1. The zero-order valence-corrected chi connectivity index (χ0v) is 13.4. The lowest BCUT2D eigenvalue weighted by Gasteiger charge is -2.06. The third-order valence-electron chi connectivity index (χ3n) is 3.93. The second-order valence-corrected chi connectivity index (χ2v) is 5.46. The summed E-state index contributed by atoms with van der Waals surface area (Å²) in [4.78, 5) is 16.6. The Morgan fingerprint density at radius 3 is 2.64 bits per heavy atom. The molecule has 0 aliphatic rings. The lowest BCUT2D eigenvalue weighted by atomic mass is 10.2. The molecule has 1 aromatic carbocycles. The Kier molecular flexibility index (Phi) is 3.81. The van der Waals surface area contributed by atoms with E-state index in [1.54, 1.807) is 25.6 Å². The summed E-state index contributed by atoms with van der Waals surface area (Å²) >= 11 is 0. The van der Waals surface area contributed by atoms with Gasteiger partial charge in [-0.05, 0) is 29.8 Å². The molecule has 0 fully saturated rings. The van der Waals surface area contributed by atoms with Gasteiger partial charge in [0, 0.05) is 6.20 Å². The quantitative estimate of drug-likeness (QED) is 0.536. The number of nitrogens with zero attached hydrogens (tertiary/aromatic N) is 5. The highest BCUT2D eigenvalue weighted by atomic mass is 19.1. The van der Waals surface area contributed by atoms with Crippen LogP contribution in [0.3, 0.4) is 0 Å². The van der Waals surface area contributed by atoms with E-state index in [4.69, 9.17) is 4.74 Å². The Hall–Kier alpha value is -3.35. The minimum absolute atomic E-state index is 0.310. The van der Waals surface area contributed by atoms with E-state index in [1.165, 1.54) is 12.5 Å². The molecule has 0 amide bonds. The fourth-order valence-electron chi connectivity index (χ4n) is 2.68. The van der Waals surface area contributed by atoms with Crippen LogP contribution in [-0.2, 0) is 6.54 Å². The van der Waals surface area contributed by atoms with Gasteiger partial charge in [0.25, 0.3) is 0 Å². The van der Waals surface area contributed by atoms with Crippen LogP contribution in [-0.4, -0.2) is 31.6 Å². The van der Waals surface area contributed by atoms with E-state index in [1.807, 2.05) is 28.8 Å². The zero-order chi connectivity index (χ0) is 17.2. The number of imidazole rings is 1. The highest BCUT2D eigenvalue weighted by Crippen LogP contribution is 2.25. The number of benzene rings is 1. The van der Waals surface area contributed by atoms with Crippen molar-refractivity contribution >= 4 is 11.2 Å². The maximum Gasteiger partial charge on any atom is 0.222 e. The van der Waals surface area contributed by atoms with Gasteiger partial charge in [-0.1, -0.05) is 12.1 Å². The third-order valence-corrected chi connectivity index (χ3v) is 3.93. The minimum atomic E-state index is -0.577. The Balaban J connectivity index is 1.75. The first kappa shape index (κ1) is 15.2. The number of halogens is 1. The first-order valence-electron chi connectivity index (χ1n) is 7.66. The molecular formula is C18H14FN5O. The number of hydrogen-bond donors (Lipinski definition) is 0. The van der Waals surface area contributed by atoms with Gasteiger partial charge >= 0.3 is 0 Å². The van der Waals surface area contributed by atoms with Gasteiger partial charge in [-0.15, -0.1) is 0 Å². The molecule has 0 bridgehead atoms. The summed E-state index contributed by atoms with van der Waals surface area (Å²) in [6.45, 7) is 0.590. The number of hydrogen-bond acceptors (Lipinski definition) is 5. The Morgan fingerprint density at radius 2 is 1.88 bits per heavy atom. The second kappa shape index (κ2) is 6.27. The summed E-state index contributed by atoms with van der Waals surface area (Å²) in [6.07, 6.45) is 4.50. The molecule has 0 N–H and O–H groups in total. The smallest absolute Gasteiger partial charge is 0.222 e. The second-order valence-electron chi connectivity index (χ2n) is 5.46. The van der Waals surface area contributed by atoms with Gasteiger partial charge in [-0.2, -0.15) is 4.39 Å². The molecule has 4 rings (SSSR count). The van der Waals surface area contributed by atoms with E-state index in [0.29, 0.717) is 29.0 Å². The predicted octanol–water partition coefficient (Wildman–Crippen LogP) is 3.08. The van der Waals surface area contributed by atoms with Gasteiger partial charge in [0.05, 0.1) is 25.5 Å². The average molecular weight is 335 g/mol. The summed E-state index contributed by atoms with van der Waals surface area (Å²) in [7, 11) is 1.63. The average Bonchev–Trinajstić information content (AvgIpc) is 3.06. The van der Waals surface area contributed by atoms with Gasteiger partial charge in [0.2, 0.25) is 5.95 Å². The van der Waals surface area contributed by atoms with E-state index in [9.17, 15) is 4.39 Å². The van der Waals surface area contributed by atoms with E-state index in [0.717, 1.165) is 11.3 Å². The number of aromatic nitrogens is 5. The molecule has 7 heteroatoms. The Labute approximate surface area is 143 Å². The molecule has 0 aliphatic carbocycles. The predicted molar refractivity (Wildman–Crippen MR) is 90.6 cm³/mol. The van der Waals surface area contributed by atoms with Crippen LogP contribution < -0.4 is 4.74 Å². The molecule has 3 heterocycles. The summed E-state index contributed by atoms with van der Waals surface area (Å²) in [6, 6.07) is 11.1. The number of ether oxygens (including phenoxy) is 1. The molecule has 3 aromatic heterocycles. The molecule has 0 saturated carbocycles. The molecule has 0 unspecified atom stereocenters. The van der Waals surface area contributed by atoms with E-state index in [2.05, 4.69) is 19.9 Å². The molecule has 0 aliphatic heterocycles. The monoisotopic (exact) mass is 335 g/mol. The van der Waals surface area contributed by atoms with E-state index in [-0.39, 0.29) is 0 Å². The van der Waals surface area contributed by atoms with Gasteiger partial charge in [-0.3, -0.25) is 0 Å². The van der Waals surface area contributed by atoms with Crippen molar-refractivity contribution in [1.82, 2.24) is 24.5 Å². The van der Waals surface area contributed by atoms with Gasteiger partial charge in [-0.25, -0.2) is 19.9 Å². The first-order chi connectivity index (χ1) is 12.3. The normalized spacial score (nSPS) is 11.0.